The number of aromatic nitrogens is 1. The number of rotatable bonds is 4. The summed E-state index contributed by atoms with van der Waals surface area (Å²) in [6, 6.07) is 48.8. The van der Waals surface area contributed by atoms with E-state index in [1.54, 1.807) is 0 Å². The summed E-state index contributed by atoms with van der Waals surface area (Å²) < 4.78 is 9.24. The molecule has 9 aromatic rings. The molecule has 0 radical (unpaired) electrons. The summed E-state index contributed by atoms with van der Waals surface area (Å²) in [7, 11) is 0. The Morgan fingerprint density at radius 3 is 1.89 bits per heavy atom. The van der Waals surface area contributed by atoms with Crippen molar-refractivity contribution in [3.8, 4) is 33.4 Å². The van der Waals surface area contributed by atoms with Gasteiger partial charge in [-0.05, 0) is 86.5 Å². The van der Waals surface area contributed by atoms with Crippen molar-refractivity contribution < 1.29 is 4.42 Å². The molecule has 3 heteroatoms. The maximum absolute atomic E-state index is 6.65. The molecule has 224 valence electrons. The van der Waals surface area contributed by atoms with Gasteiger partial charge in [-0.25, -0.2) is 4.98 Å². The zero-order valence-electron chi connectivity index (χ0n) is 25.9. The molecule has 0 unspecified atom stereocenters. The number of thiophene rings is 1. The summed E-state index contributed by atoms with van der Waals surface area (Å²) in [6.07, 6.45) is 4.85. The Morgan fingerprint density at radius 1 is 0.532 bits per heavy atom. The lowest BCUT2D eigenvalue weighted by molar-refractivity contribution is 0.475. The van der Waals surface area contributed by atoms with Crippen LogP contribution in [-0.2, 0) is 0 Å². The lowest BCUT2D eigenvalue weighted by Crippen LogP contribution is -1.92. The van der Waals surface area contributed by atoms with E-state index in [4.69, 9.17) is 9.40 Å². The summed E-state index contributed by atoms with van der Waals surface area (Å²) in [6.45, 7) is 0. The summed E-state index contributed by atoms with van der Waals surface area (Å²) in [4.78, 5) is 5.01. The lowest BCUT2D eigenvalue weighted by atomic mass is 9.84. The fourth-order valence-corrected chi connectivity index (χ4v) is 9.25. The summed E-state index contributed by atoms with van der Waals surface area (Å²) >= 11 is 1.87. The van der Waals surface area contributed by atoms with Gasteiger partial charge in [-0.2, -0.15) is 0 Å². The van der Waals surface area contributed by atoms with Crippen LogP contribution >= 0.6 is 11.3 Å². The van der Waals surface area contributed by atoms with Gasteiger partial charge in [0.25, 0.3) is 0 Å². The molecule has 2 heterocycles. The van der Waals surface area contributed by atoms with E-state index in [0.717, 1.165) is 22.6 Å². The molecule has 0 amide bonds. The highest BCUT2D eigenvalue weighted by Gasteiger charge is 2.25. The second kappa shape index (κ2) is 10.7. The van der Waals surface area contributed by atoms with Gasteiger partial charge in [-0.1, -0.05) is 122 Å². The first-order chi connectivity index (χ1) is 23.3. The highest BCUT2D eigenvalue weighted by molar-refractivity contribution is 7.26. The molecule has 2 nitrogen and oxygen atoms in total. The Kier molecular flexibility index (Phi) is 6.10. The molecule has 0 N–H and O–H groups in total. The molecular formula is C44H31NOS. The minimum Gasteiger partial charge on any atom is -0.440 e. The first-order valence-electron chi connectivity index (χ1n) is 16.7. The van der Waals surface area contributed by atoms with Crippen molar-refractivity contribution in [1.29, 1.82) is 0 Å². The van der Waals surface area contributed by atoms with E-state index >= 15 is 0 Å². The predicted molar refractivity (Wildman–Crippen MR) is 199 cm³/mol. The molecule has 0 spiro atoms. The van der Waals surface area contributed by atoms with E-state index in [1.807, 2.05) is 11.3 Å². The van der Waals surface area contributed by atoms with Crippen LogP contribution in [0.15, 0.2) is 138 Å². The highest BCUT2D eigenvalue weighted by Crippen LogP contribution is 2.49. The third-order valence-corrected chi connectivity index (χ3v) is 11.3. The summed E-state index contributed by atoms with van der Waals surface area (Å²) in [5.41, 5.74) is 9.18. The molecule has 1 aliphatic carbocycles. The van der Waals surface area contributed by atoms with Crippen LogP contribution < -0.4 is 0 Å². The molecule has 1 saturated carbocycles. The van der Waals surface area contributed by atoms with Crippen molar-refractivity contribution >= 4 is 64.2 Å². The van der Waals surface area contributed by atoms with Gasteiger partial charge in [-0.15, -0.1) is 11.3 Å². The van der Waals surface area contributed by atoms with Crippen molar-refractivity contribution in [1.82, 2.24) is 4.98 Å². The van der Waals surface area contributed by atoms with Gasteiger partial charge in [0.15, 0.2) is 11.5 Å². The lowest BCUT2D eigenvalue weighted by Gasteiger charge is -2.19. The maximum atomic E-state index is 6.65. The van der Waals surface area contributed by atoms with E-state index in [0.29, 0.717) is 5.92 Å². The predicted octanol–water partition coefficient (Wildman–Crippen LogP) is 13.2. The van der Waals surface area contributed by atoms with E-state index in [9.17, 15) is 0 Å². The average molecular weight is 622 g/mol. The van der Waals surface area contributed by atoms with Gasteiger partial charge in [0.1, 0.15) is 5.52 Å². The number of hydrogen-bond acceptors (Lipinski definition) is 3. The molecule has 0 aliphatic heterocycles. The van der Waals surface area contributed by atoms with Crippen molar-refractivity contribution in [2.24, 2.45) is 0 Å². The fourth-order valence-electron chi connectivity index (χ4n) is 8.08. The van der Waals surface area contributed by atoms with Crippen LogP contribution in [0.2, 0.25) is 0 Å². The van der Waals surface area contributed by atoms with Crippen LogP contribution in [0.5, 0.6) is 0 Å². The van der Waals surface area contributed by atoms with Crippen molar-refractivity contribution in [2.75, 3.05) is 0 Å². The van der Waals surface area contributed by atoms with Crippen molar-refractivity contribution in [3.05, 3.63) is 139 Å². The first-order valence-corrected chi connectivity index (χ1v) is 17.5. The standard InChI is InChI=1S/C44H31NOS/c1-2-13-27(14-3-1)40-31-17-6-8-19-33(31)41(34-20-9-7-18-32(34)40)36-25-29(26-39-42(36)35-21-10-11-24-38(35)47-39)30-22-12-23-37-43(30)46-44(45-37)28-15-4-5-16-28/h1-3,6-14,17-26,28H,4-5,15-16H2. The summed E-state index contributed by atoms with van der Waals surface area (Å²) in [5, 5.41) is 7.68. The number of hydrogen-bond donors (Lipinski definition) is 0. The number of para-hydroxylation sites is 1. The molecule has 1 fully saturated rings. The Hall–Kier alpha value is -5.25. The molecule has 2 aromatic heterocycles. The molecule has 7 aromatic carbocycles. The van der Waals surface area contributed by atoms with Gasteiger partial charge in [0.2, 0.25) is 0 Å². The van der Waals surface area contributed by atoms with E-state index in [-0.39, 0.29) is 0 Å². The normalized spacial score (nSPS) is 14.0. The molecule has 0 atom stereocenters. The van der Waals surface area contributed by atoms with Crippen LogP contribution in [-0.4, -0.2) is 4.98 Å². The van der Waals surface area contributed by atoms with Gasteiger partial charge < -0.3 is 4.42 Å². The van der Waals surface area contributed by atoms with E-state index in [1.165, 1.54) is 95.2 Å². The maximum Gasteiger partial charge on any atom is 0.198 e. The molecule has 1 aliphatic rings. The van der Waals surface area contributed by atoms with Crippen LogP contribution in [0.4, 0.5) is 0 Å². The van der Waals surface area contributed by atoms with Crippen LogP contribution in [0.3, 0.4) is 0 Å². The van der Waals surface area contributed by atoms with E-state index < -0.39 is 0 Å². The smallest absolute Gasteiger partial charge is 0.198 e. The zero-order valence-corrected chi connectivity index (χ0v) is 26.7. The minimum atomic E-state index is 0.428. The van der Waals surface area contributed by atoms with Crippen LogP contribution in [0.25, 0.3) is 86.2 Å². The van der Waals surface area contributed by atoms with Gasteiger partial charge in [0.05, 0.1) is 0 Å². The Bertz CT molecular complexity index is 2580. The topological polar surface area (TPSA) is 26.0 Å². The minimum absolute atomic E-state index is 0.428. The Balaban J connectivity index is 1.33. The molecular weight excluding hydrogens is 591 g/mol. The number of nitrogens with zero attached hydrogens (tertiary/aromatic N) is 1. The zero-order chi connectivity index (χ0) is 30.9. The van der Waals surface area contributed by atoms with Crippen LogP contribution in [0.1, 0.15) is 37.5 Å². The summed E-state index contributed by atoms with van der Waals surface area (Å²) in [5.74, 6) is 1.33. The first kappa shape index (κ1) is 26.9. The fraction of sp³-hybridized carbons (Fsp3) is 0.114. The van der Waals surface area contributed by atoms with Gasteiger partial charge >= 0.3 is 0 Å². The average Bonchev–Trinajstić information content (AvgIpc) is 3.89. The molecule has 10 rings (SSSR count). The molecule has 0 bridgehead atoms. The Labute approximate surface area is 276 Å². The second-order valence-electron chi connectivity index (χ2n) is 12.9. The number of fused-ring (bicyclic) bond motifs is 6. The number of benzene rings is 7. The molecule has 47 heavy (non-hydrogen) atoms. The highest BCUT2D eigenvalue weighted by atomic mass is 32.1. The largest absolute Gasteiger partial charge is 0.440 e. The van der Waals surface area contributed by atoms with Gasteiger partial charge in [0, 0.05) is 31.7 Å². The monoisotopic (exact) mass is 621 g/mol. The molecule has 0 saturated heterocycles. The third-order valence-electron chi connectivity index (χ3n) is 10.2. The SMILES string of the molecule is c1ccc(-c2c3ccccc3c(-c3cc(-c4cccc5nc(C6CCCC6)oc45)cc4sc5ccccc5c34)c3ccccc23)cc1. The quantitative estimate of drug-likeness (QED) is 0.183. The van der Waals surface area contributed by atoms with Crippen molar-refractivity contribution in [2.45, 2.75) is 31.6 Å². The van der Waals surface area contributed by atoms with Gasteiger partial charge in [-0.3, -0.25) is 0 Å². The van der Waals surface area contributed by atoms with Crippen LogP contribution in [0, 0.1) is 0 Å². The Morgan fingerprint density at radius 2 is 1.17 bits per heavy atom. The second-order valence-corrected chi connectivity index (χ2v) is 14.0. The van der Waals surface area contributed by atoms with Crippen molar-refractivity contribution in [3.63, 3.8) is 0 Å². The third kappa shape index (κ3) is 4.20. The number of oxazole rings is 1. The van der Waals surface area contributed by atoms with E-state index in [2.05, 4.69) is 133 Å².